The highest BCUT2D eigenvalue weighted by Crippen LogP contribution is 2.23. The van der Waals surface area contributed by atoms with E-state index in [0.29, 0.717) is 10.9 Å². The van der Waals surface area contributed by atoms with E-state index in [1.807, 2.05) is 0 Å². The zero-order valence-corrected chi connectivity index (χ0v) is 18.3. The van der Waals surface area contributed by atoms with E-state index in [9.17, 15) is 33.5 Å². The summed E-state index contributed by atoms with van der Waals surface area (Å²) in [4.78, 5) is 60.2. The Morgan fingerprint density at radius 1 is 1.15 bits per heavy atom. The van der Waals surface area contributed by atoms with Gasteiger partial charge in [-0.3, -0.25) is 19.2 Å². The van der Waals surface area contributed by atoms with E-state index in [-0.39, 0.29) is 16.9 Å². The predicted octanol–water partition coefficient (Wildman–Crippen LogP) is 0.988. The molecule has 0 aliphatic rings. The van der Waals surface area contributed by atoms with Crippen molar-refractivity contribution in [2.24, 2.45) is 5.92 Å². The van der Waals surface area contributed by atoms with E-state index in [1.54, 1.807) is 26.8 Å². The highest BCUT2D eigenvalue weighted by Gasteiger charge is 2.30. The first kappa shape index (κ1) is 25.5. The Morgan fingerprint density at radius 3 is 2.39 bits per heavy atom. The van der Waals surface area contributed by atoms with Crippen molar-refractivity contribution < 1.29 is 38.2 Å². The molecule has 0 saturated carbocycles. The Bertz CT molecular complexity index is 1140. The minimum atomic E-state index is -1.58. The highest BCUT2D eigenvalue weighted by atomic mass is 19.1. The van der Waals surface area contributed by atoms with E-state index in [4.69, 9.17) is 9.52 Å². The second-order valence-electron chi connectivity index (χ2n) is 7.90. The number of alkyl halides is 1. The maximum absolute atomic E-state index is 12.7. The second kappa shape index (κ2) is 10.7. The molecule has 2 rings (SSSR count). The Labute approximate surface area is 187 Å². The molecule has 0 spiro atoms. The highest BCUT2D eigenvalue weighted by molar-refractivity contribution is 5.95. The van der Waals surface area contributed by atoms with Crippen molar-refractivity contribution in [1.29, 1.82) is 0 Å². The summed E-state index contributed by atoms with van der Waals surface area (Å²) in [6.45, 7) is 3.38. The van der Waals surface area contributed by atoms with Crippen LogP contribution in [-0.4, -0.2) is 52.5 Å². The average molecular weight is 464 g/mol. The van der Waals surface area contributed by atoms with Gasteiger partial charge in [0.2, 0.25) is 11.8 Å². The molecular formula is C22H25FN2O8. The van der Waals surface area contributed by atoms with Crippen LogP contribution in [0.5, 0.6) is 5.75 Å². The fourth-order valence-corrected chi connectivity index (χ4v) is 3.28. The minimum absolute atomic E-state index is 0.0602. The van der Waals surface area contributed by atoms with E-state index in [2.05, 4.69) is 10.6 Å². The number of aryl methyl sites for hydroxylation is 1. The number of amides is 2. The number of carboxylic acids is 1. The van der Waals surface area contributed by atoms with E-state index in [0.717, 1.165) is 0 Å². The maximum atomic E-state index is 12.7. The number of phenolic OH excluding ortho intramolecular Hbond substituents is 1. The number of hydrogen-bond donors (Lipinski definition) is 4. The smallest absolute Gasteiger partial charge is 0.340 e. The molecule has 1 heterocycles. The van der Waals surface area contributed by atoms with Crippen LogP contribution in [0, 0.1) is 12.8 Å². The molecule has 11 heteroatoms. The van der Waals surface area contributed by atoms with Crippen molar-refractivity contribution >= 4 is 34.5 Å². The summed E-state index contributed by atoms with van der Waals surface area (Å²) >= 11 is 0. The van der Waals surface area contributed by atoms with Crippen molar-refractivity contribution in [2.75, 3.05) is 6.67 Å². The number of phenols is 1. The van der Waals surface area contributed by atoms with Crippen LogP contribution in [0.25, 0.3) is 11.0 Å². The van der Waals surface area contributed by atoms with Gasteiger partial charge in [0.05, 0.1) is 18.4 Å². The number of ketones is 1. The molecule has 0 fully saturated rings. The van der Waals surface area contributed by atoms with Crippen molar-refractivity contribution in [3.63, 3.8) is 0 Å². The fourth-order valence-electron chi connectivity index (χ4n) is 3.28. The van der Waals surface area contributed by atoms with Gasteiger partial charge in [0.15, 0.2) is 5.78 Å². The summed E-state index contributed by atoms with van der Waals surface area (Å²) in [6, 6.07) is 1.47. The Morgan fingerprint density at radius 2 is 1.82 bits per heavy atom. The van der Waals surface area contributed by atoms with Crippen LogP contribution in [0.2, 0.25) is 0 Å². The zero-order chi connectivity index (χ0) is 24.9. The molecule has 2 atom stereocenters. The largest absolute Gasteiger partial charge is 0.508 e. The fraction of sp³-hybridized carbons (Fsp3) is 0.409. The first-order valence-corrected chi connectivity index (χ1v) is 10.1. The van der Waals surface area contributed by atoms with E-state index in [1.165, 1.54) is 12.1 Å². The number of halogens is 1. The molecule has 33 heavy (non-hydrogen) atoms. The number of hydrogen-bond acceptors (Lipinski definition) is 7. The summed E-state index contributed by atoms with van der Waals surface area (Å²) in [5, 5.41) is 23.6. The average Bonchev–Trinajstić information content (AvgIpc) is 2.72. The number of Topliss-reactive ketones (excluding diaryl/α,β-unsaturated/α-hetero) is 1. The predicted molar refractivity (Wildman–Crippen MR) is 115 cm³/mol. The van der Waals surface area contributed by atoms with Gasteiger partial charge < -0.3 is 25.3 Å². The van der Waals surface area contributed by atoms with Gasteiger partial charge in [-0.2, -0.15) is 0 Å². The first-order chi connectivity index (χ1) is 15.4. The number of nitrogens with one attached hydrogen (secondary N) is 2. The van der Waals surface area contributed by atoms with Gasteiger partial charge in [0.25, 0.3) is 0 Å². The molecule has 2 aromatic rings. The number of carbonyl (C=O) groups excluding carboxylic acids is 3. The lowest BCUT2D eigenvalue weighted by Gasteiger charge is -2.24. The van der Waals surface area contributed by atoms with Crippen LogP contribution in [0.3, 0.4) is 0 Å². The molecule has 2 unspecified atom stereocenters. The minimum Gasteiger partial charge on any atom is -0.508 e. The monoisotopic (exact) mass is 464 g/mol. The third kappa shape index (κ3) is 6.37. The number of benzene rings is 1. The normalized spacial score (nSPS) is 12.9. The summed E-state index contributed by atoms with van der Waals surface area (Å²) in [6.07, 6.45) is -1.22. The summed E-state index contributed by atoms with van der Waals surface area (Å²) in [5.74, 6) is -4.62. The van der Waals surface area contributed by atoms with Gasteiger partial charge >= 0.3 is 11.6 Å². The summed E-state index contributed by atoms with van der Waals surface area (Å²) in [7, 11) is 0. The van der Waals surface area contributed by atoms with Crippen LogP contribution < -0.4 is 16.3 Å². The number of aromatic hydroxyl groups is 1. The molecule has 0 aliphatic heterocycles. The SMILES string of the molecule is Cc1c(CC(=O)NC(C(=O)NC(CC(=O)O)C(=O)CF)C(C)C)c(=O)oc2cc(O)ccc12. The number of aliphatic carboxylic acids is 1. The standard InChI is InChI=1S/C22H25FN2O8/c1-10(2)20(21(31)24-15(8-19(29)30)16(27)9-23)25-18(28)7-14-11(3)13-5-4-12(26)6-17(13)33-22(14)32/h4-6,10,15,20,26H,7-9H2,1-3H3,(H,24,31)(H,25,28)(H,29,30). The molecule has 0 bridgehead atoms. The lowest BCUT2D eigenvalue weighted by Crippen LogP contribution is -2.54. The molecule has 10 nitrogen and oxygen atoms in total. The van der Waals surface area contributed by atoms with Crippen LogP contribution in [-0.2, 0) is 25.6 Å². The van der Waals surface area contributed by atoms with Crippen LogP contribution in [0.1, 0.15) is 31.4 Å². The summed E-state index contributed by atoms with van der Waals surface area (Å²) < 4.78 is 17.9. The molecule has 0 aliphatic carbocycles. The Hall–Kier alpha value is -3.76. The third-order valence-electron chi connectivity index (χ3n) is 5.09. The zero-order valence-electron chi connectivity index (χ0n) is 18.3. The van der Waals surface area contributed by atoms with Crippen molar-refractivity contribution in [3.8, 4) is 5.75 Å². The van der Waals surface area contributed by atoms with Crippen LogP contribution in [0.15, 0.2) is 27.4 Å². The van der Waals surface area contributed by atoms with Crippen molar-refractivity contribution in [3.05, 3.63) is 39.7 Å². The lowest BCUT2D eigenvalue weighted by molar-refractivity contribution is -0.140. The van der Waals surface area contributed by atoms with Gasteiger partial charge in [-0.05, 0) is 30.5 Å². The molecule has 4 N–H and O–H groups in total. The first-order valence-electron chi connectivity index (χ1n) is 10.1. The van der Waals surface area contributed by atoms with Crippen LogP contribution in [0.4, 0.5) is 4.39 Å². The molecule has 0 radical (unpaired) electrons. The second-order valence-corrected chi connectivity index (χ2v) is 7.90. The van der Waals surface area contributed by atoms with Gasteiger partial charge in [-0.15, -0.1) is 0 Å². The van der Waals surface area contributed by atoms with Gasteiger partial charge in [0.1, 0.15) is 30.1 Å². The molecule has 2 amide bonds. The quantitative estimate of drug-likeness (QED) is 0.378. The molecule has 178 valence electrons. The number of fused-ring (bicyclic) bond motifs is 1. The molecular weight excluding hydrogens is 439 g/mol. The van der Waals surface area contributed by atoms with Crippen molar-refractivity contribution in [2.45, 2.75) is 45.7 Å². The van der Waals surface area contributed by atoms with Gasteiger partial charge in [-0.1, -0.05) is 13.8 Å². The Kier molecular flexibility index (Phi) is 8.27. The molecule has 1 aromatic heterocycles. The number of carboxylic acid groups (broad SMARTS) is 1. The van der Waals surface area contributed by atoms with Gasteiger partial charge in [0, 0.05) is 11.5 Å². The molecule has 0 saturated heterocycles. The third-order valence-corrected chi connectivity index (χ3v) is 5.09. The van der Waals surface area contributed by atoms with Gasteiger partial charge in [-0.25, -0.2) is 9.18 Å². The Balaban J connectivity index is 2.21. The number of rotatable bonds is 10. The van der Waals surface area contributed by atoms with E-state index < -0.39 is 66.7 Å². The van der Waals surface area contributed by atoms with Crippen LogP contribution >= 0.6 is 0 Å². The van der Waals surface area contributed by atoms with E-state index >= 15 is 0 Å². The summed E-state index contributed by atoms with van der Waals surface area (Å²) in [5.41, 5.74) is -0.0913. The lowest BCUT2D eigenvalue weighted by atomic mass is 10.00. The molecule has 1 aromatic carbocycles. The number of carbonyl (C=O) groups is 4. The maximum Gasteiger partial charge on any atom is 0.340 e. The topological polar surface area (TPSA) is 163 Å². The van der Waals surface area contributed by atoms with Crippen molar-refractivity contribution in [1.82, 2.24) is 10.6 Å².